The van der Waals surface area contributed by atoms with Crippen LogP contribution in [0.3, 0.4) is 0 Å². The number of fused-ring (bicyclic) bond motifs is 3. The van der Waals surface area contributed by atoms with Gasteiger partial charge in [-0.2, -0.15) is 0 Å². The number of hydrogen-bond acceptors (Lipinski definition) is 4. The molecule has 9 rings (SSSR count). The predicted octanol–water partition coefficient (Wildman–Crippen LogP) is 11.8. The molecule has 0 bridgehead atoms. The molecule has 7 aromatic carbocycles. The van der Waals surface area contributed by atoms with Crippen LogP contribution in [-0.4, -0.2) is 21.3 Å². The van der Waals surface area contributed by atoms with Gasteiger partial charge in [-0.05, 0) is 56.6 Å². The Morgan fingerprint density at radius 1 is 0.370 bits per heavy atom. The van der Waals surface area contributed by atoms with E-state index >= 15 is 0 Å². The number of halogens is 3. The molecule has 0 atom stereocenters. The fourth-order valence-corrected chi connectivity index (χ4v) is 7.59. The Labute approximate surface area is 310 Å². The molecule has 260 valence electrons. The van der Waals surface area contributed by atoms with E-state index in [1.165, 1.54) is 34.4 Å². The summed E-state index contributed by atoms with van der Waals surface area (Å²) >= 11 is 0. The number of aromatic nitrogens is 3. The molecule has 1 aliphatic rings. The fraction of sp³-hybridized carbons (Fsp3) is 0.0426. The molecule has 8 aromatic rings. The molecular weight excluding hydrogens is 680 g/mol. The summed E-state index contributed by atoms with van der Waals surface area (Å²) in [6.45, 7) is 0. The minimum Gasteiger partial charge on any atom is -0.406 e. The van der Waals surface area contributed by atoms with Crippen molar-refractivity contribution in [2.45, 2.75) is 11.8 Å². The van der Waals surface area contributed by atoms with Crippen molar-refractivity contribution in [2.24, 2.45) is 0 Å². The molecule has 0 aliphatic heterocycles. The molecule has 54 heavy (non-hydrogen) atoms. The first-order valence-electron chi connectivity index (χ1n) is 17.5. The van der Waals surface area contributed by atoms with Crippen LogP contribution >= 0.6 is 0 Å². The van der Waals surface area contributed by atoms with Crippen LogP contribution in [0.4, 0.5) is 13.2 Å². The predicted molar refractivity (Wildman–Crippen MR) is 206 cm³/mol. The van der Waals surface area contributed by atoms with Gasteiger partial charge in [-0.3, -0.25) is 0 Å². The van der Waals surface area contributed by atoms with E-state index in [1.54, 1.807) is 12.1 Å². The van der Waals surface area contributed by atoms with Crippen LogP contribution in [0.15, 0.2) is 182 Å². The minimum absolute atomic E-state index is 0.255. The monoisotopic (exact) mass is 709 g/mol. The van der Waals surface area contributed by atoms with Crippen molar-refractivity contribution in [3.05, 3.63) is 204 Å². The van der Waals surface area contributed by atoms with Crippen molar-refractivity contribution in [2.75, 3.05) is 0 Å². The lowest BCUT2D eigenvalue weighted by Gasteiger charge is -2.34. The van der Waals surface area contributed by atoms with Crippen LogP contribution in [0.25, 0.3) is 56.4 Å². The first kappa shape index (κ1) is 33.0. The van der Waals surface area contributed by atoms with Crippen LogP contribution in [0.5, 0.6) is 5.75 Å². The number of benzene rings is 7. The van der Waals surface area contributed by atoms with Crippen molar-refractivity contribution in [1.82, 2.24) is 15.0 Å². The molecule has 4 nitrogen and oxygen atoms in total. The lowest BCUT2D eigenvalue weighted by Crippen LogP contribution is -2.28. The fourth-order valence-electron chi connectivity index (χ4n) is 7.59. The molecule has 0 saturated heterocycles. The second-order valence-electron chi connectivity index (χ2n) is 13.1. The molecule has 0 amide bonds. The normalized spacial score (nSPS) is 12.9. The third kappa shape index (κ3) is 5.90. The second kappa shape index (κ2) is 13.3. The molecular formula is C47H30F3N3O. The quantitative estimate of drug-likeness (QED) is 0.165. The Morgan fingerprint density at radius 2 is 0.722 bits per heavy atom. The highest BCUT2D eigenvalue weighted by molar-refractivity contribution is 5.86. The summed E-state index contributed by atoms with van der Waals surface area (Å²) in [6.07, 6.45) is -4.74. The lowest BCUT2D eigenvalue weighted by molar-refractivity contribution is -0.274. The van der Waals surface area contributed by atoms with Gasteiger partial charge in [-0.25, -0.2) is 15.0 Å². The topological polar surface area (TPSA) is 47.9 Å². The Bertz CT molecular complexity index is 2490. The summed E-state index contributed by atoms with van der Waals surface area (Å²) in [6, 6.07) is 59.6. The van der Waals surface area contributed by atoms with E-state index in [2.05, 4.69) is 89.7 Å². The van der Waals surface area contributed by atoms with Crippen molar-refractivity contribution in [3.63, 3.8) is 0 Å². The maximum absolute atomic E-state index is 12.8. The zero-order valence-electron chi connectivity index (χ0n) is 28.7. The third-order valence-corrected chi connectivity index (χ3v) is 9.97. The molecule has 0 saturated carbocycles. The van der Waals surface area contributed by atoms with E-state index < -0.39 is 11.8 Å². The number of ether oxygens (including phenoxy) is 1. The van der Waals surface area contributed by atoms with Gasteiger partial charge in [-0.1, -0.05) is 170 Å². The van der Waals surface area contributed by atoms with E-state index in [1.807, 2.05) is 72.8 Å². The van der Waals surface area contributed by atoms with Gasteiger partial charge in [0, 0.05) is 16.7 Å². The standard InChI is InChI=1S/C47H30F3N3O/c48-47(49,50)54-38-29-23-32(24-30-38)31-19-25-36(26-20-31)46(41-17-9-7-15-39(41)40-16-8-10-18-42(40)46)37-27-21-35(22-28-37)45-52-43(33-11-3-1-4-12-33)51-44(53-45)34-13-5-2-6-14-34/h1-30H. The Morgan fingerprint density at radius 3 is 1.15 bits per heavy atom. The summed E-state index contributed by atoms with van der Waals surface area (Å²) in [5.74, 6) is 1.52. The number of rotatable bonds is 7. The molecule has 0 radical (unpaired) electrons. The first-order chi connectivity index (χ1) is 26.4. The van der Waals surface area contributed by atoms with Gasteiger partial charge >= 0.3 is 6.36 Å². The van der Waals surface area contributed by atoms with Crippen LogP contribution in [0.1, 0.15) is 22.3 Å². The van der Waals surface area contributed by atoms with E-state index in [0.29, 0.717) is 17.5 Å². The highest BCUT2D eigenvalue weighted by Crippen LogP contribution is 2.56. The zero-order chi connectivity index (χ0) is 36.7. The van der Waals surface area contributed by atoms with Crippen LogP contribution < -0.4 is 4.74 Å². The lowest BCUT2D eigenvalue weighted by atomic mass is 9.67. The average Bonchev–Trinajstić information content (AvgIpc) is 3.52. The summed E-state index contributed by atoms with van der Waals surface area (Å²) in [5.41, 5.74) is 10.5. The van der Waals surface area contributed by atoms with Gasteiger partial charge in [0.2, 0.25) is 0 Å². The van der Waals surface area contributed by atoms with E-state index in [9.17, 15) is 13.2 Å². The first-order valence-corrected chi connectivity index (χ1v) is 17.5. The average molecular weight is 710 g/mol. The number of nitrogens with zero attached hydrogens (tertiary/aromatic N) is 3. The minimum atomic E-state index is -4.74. The van der Waals surface area contributed by atoms with Crippen molar-refractivity contribution >= 4 is 0 Å². The van der Waals surface area contributed by atoms with Gasteiger partial charge in [0.25, 0.3) is 0 Å². The molecule has 1 aliphatic carbocycles. The van der Waals surface area contributed by atoms with E-state index in [4.69, 9.17) is 15.0 Å². The van der Waals surface area contributed by atoms with Gasteiger partial charge in [-0.15, -0.1) is 13.2 Å². The highest BCUT2D eigenvalue weighted by atomic mass is 19.4. The largest absolute Gasteiger partial charge is 0.573 e. The molecule has 0 spiro atoms. The molecule has 0 N–H and O–H groups in total. The number of alkyl halides is 3. The Kier molecular flexibility index (Phi) is 8.12. The Hall–Kier alpha value is -6.86. The van der Waals surface area contributed by atoms with E-state index in [-0.39, 0.29) is 5.75 Å². The molecule has 1 heterocycles. The van der Waals surface area contributed by atoms with Crippen molar-refractivity contribution in [3.8, 4) is 62.2 Å². The summed E-state index contributed by atoms with van der Waals surface area (Å²) in [5, 5.41) is 0. The van der Waals surface area contributed by atoms with Gasteiger partial charge in [0.15, 0.2) is 17.5 Å². The maximum atomic E-state index is 12.8. The molecule has 1 aromatic heterocycles. The van der Waals surface area contributed by atoms with Gasteiger partial charge < -0.3 is 4.74 Å². The maximum Gasteiger partial charge on any atom is 0.573 e. The smallest absolute Gasteiger partial charge is 0.406 e. The van der Waals surface area contributed by atoms with Crippen molar-refractivity contribution in [1.29, 1.82) is 0 Å². The zero-order valence-corrected chi connectivity index (χ0v) is 28.7. The molecule has 7 heteroatoms. The third-order valence-electron chi connectivity index (χ3n) is 9.97. The van der Waals surface area contributed by atoms with E-state index in [0.717, 1.165) is 38.9 Å². The number of hydrogen-bond donors (Lipinski definition) is 0. The summed E-state index contributed by atoms with van der Waals surface area (Å²) in [4.78, 5) is 14.8. The summed E-state index contributed by atoms with van der Waals surface area (Å²) < 4.78 is 42.4. The van der Waals surface area contributed by atoms with Crippen LogP contribution in [0.2, 0.25) is 0 Å². The molecule has 0 fully saturated rings. The van der Waals surface area contributed by atoms with Crippen molar-refractivity contribution < 1.29 is 17.9 Å². The van der Waals surface area contributed by atoms with Gasteiger partial charge in [0.1, 0.15) is 5.75 Å². The van der Waals surface area contributed by atoms with Crippen LogP contribution in [-0.2, 0) is 5.41 Å². The molecule has 0 unspecified atom stereocenters. The van der Waals surface area contributed by atoms with Gasteiger partial charge in [0.05, 0.1) is 5.41 Å². The summed E-state index contributed by atoms with van der Waals surface area (Å²) in [7, 11) is 0. The van der Waals surface area contributed by atoms with Crippen LogP contribution in [0, 0.1) is 0 Å². The highest BCUT2D eigenvalue weighted by Gasteiger charge is 2.45. The SMILES string of the molecule is FC(F)(F)Oc1ccc(-c2ccc(C3(c4ccc(-c5nc(-c6ccccc6)nc(-c6ccccc6)n5)cc4)c4ccccc4-c4ccccc43)cc2)cc1. The second-order valence-corrected chi connectivity index (χ2v) is 13.1. The Balaban J connectivity index is 1.16.